The SMILES string of the molecule is CC(=O)c1cn(C2CCCOC2)c(C)n1. The maximum absolute atomic E-state index is 11.2. The van der Waals surface area contributed by atoms with E-state index < -0.39 is 0 Å². The summed E-state index contributed by atoms with van der Waals surface area (Å²) in [6.07, 6.45) is 4.03. The van der Waals surface area contributed by atoms with Gasteiger partial charge in [-0.3, -0.25) is 4.79 Å². The van der Waals surface area contributed by atoms with Gasteiger partial charge in [-0.15, -0.1) is 0 Å². The Hall–Kier alpha value is -1.16. The molecule has 0 amide bonds. The van der Waals surface area contributed by atoms with Gasteiger partial charge in [-0.1, -0.05) is 0 Å². The number of nitrogens with zero attached hydrogens (tertiary/aromatic N) is 2. The molecule has 2 heterocycles. The summed E-state index contributed by atoms with van der Waals surface area (Å²) in [7, 11) is 0. The summed E-state index contributed by atoms with van der Waals surface area (Å²) >= 11 is 0. The first-order chi connectivity index (χ1) is 7.18. The number of carbonyl (C=O) groups is 1. The molecule has 1 saturated heterocycles. The maximum atomic E-state index is 11.2. The highest BCUT2D eigenvalue weighted by Gasteiger charge is 2.19. The molecule has 1 fully saturated rings. The predicted molar refractivity (Wildman–Crippen MR) is 56.1 cm³/mol. The van der Waals surface area contributed by atoms with Crippen LogP contribution in [0.1, 0.15) is 42.1 Å². The standard InChI is InChI=1S/C11H16N2O2/c1-8(14)11-6-13(9(2)12-11)10-4-3-5-15-7-10/h6,10H,3-5,7H2,1-2H3. The van der Waals surface area contributed by atoms with Gasteiger partial charge in [0.2, 0.25) is 0 Å². The van der Waals surface area contributed by atoms with E-state index in [-0.39, 0.29) is 5.78 Å². The second kappa shape index (κ2) is 4.14. The molecule has 1 aromatic rings. The number of ketones is 1. The summed E-state index contributed by atoms with van der Waals surface area (Å²) in [5.74, 6) is 0.921. The molecule has 1 aliphatic rings. The van der Waals surface area contributed by atoms with E-state index >= 15 is 0 Å². The van der Waals surface area contributed by atoms with Crippen LogP contribution >= 0.6 is 0 Å². The number of carbonyl (C=O) groups excluding carboxylic acids is 1. The maximum Gasteiger partial charge on any atom is 0.179 e. The molecule has 1 unspecified atom stereocenters. The van der Waals surface area contributed by atoms with E-state index in [9.17, 15) is 4.79 Å². The van der Waals surface area contributed by atoms with Gasteiger partial charge in [-0.05, 0) is 19.8 Å². The first-order valence-electron chi connectivity index (χ1n) is 5.32. The Morgan fingerprint density at radius 1 is 1.67 bits per heavy atom. The zero-order chi connectivity index (χ0) is 10.8. The van der Waals surface area contributed by atoms with Crippen LogP contribution in [-0.4, -0.2) is 28.5 Å². The third kappa shape index (κ3) is 2.09. The van der Waals surface area contributed by atoms with E-state index in [0.717, 1.165) is 31.9 Å². The average molecular weight is 208 g/mol. The van der Waals surface area contributed by atoms with E-state index in [4.69, 9.17) is 4.74 Å². The van der Waals surface area contributed by atoms with Crippen LogP contribution in [0.15, 0.2) is 6.20 Å². The number of aromatic nitrogens is 2. The van der Waals surface area contributed by atoms with Gasteiger partial charge < -0.3 is 9.30 Å². The van der Waals surface area contributed by atoms with Gasteiger partial charge in [0.15, 0.2) is 5.78 Å². The number of rotatable bonds is 2. The van der Waals surface area contributed by atoms with Gasteiger partial charge in [0, 0.05) is 19.7 Å². The number of hydrogen-bond acceptors (Lipinski definition) is 3. The van der Waals surface area contributed by atoms with Crippen LogP contribution in [-0.2, 0) is 4.74 Å². The van der Waals surface area contributed by atoms with Crippen molar-refractivity contribution in [2.24, 2.45) is 0 Å². The van der Waals surface area contributed by atoms with Crippen molar-refractivity contribution < 1.29 is 9.53 Å². The van der Waals surface area contributed by atoms with Crippen LogP contribution in [0.2, 0.25) is 0 Å². The second-order valence-corrected chi connectivity index (χ2v) is 4.01. The Bertz CT molecular complexity index is 365. The van der Waals surface area contributed by atoms with Gasteiger partial charge in [-0.25, -0.2) is 4.98 Å². The molecule has 4 nitrogen and oxygen atoms in total. The number of aryl methyl sites for hydroxylation is 1. The normalized spacial score (nSPS) is 21.6. The lowest BCUT2D eigenvalue weighted by Crippen LogP contribution is -2.21. The molecule has 0 N–H and O–H groups in total. The zero-order valence-corrected chi connectivity index (χ0v) is 9.19. The molecule has 0 radical (unpaired) electrons. The number of hydrogen-bond donors (Lipinski definition) is 0. The molecule has 1 aromatic heterocycles. The molecule has 0 aliphatic carbocycles. The second-order valence-electron chi connectivity index (χ2n) is 4.01. The molecule has 0 aromatic carbocycles. The summed E-state index contributed by atoms with van der Waals surface area (Å²) < 4.78 is 7.49. The zero-order valence-electron chi connectivity index (χ0n) is 9.19. The smallest absolute Gasteiger partial charge is 0.179 e. The minimum Gasteiger partial charge on any atom is -0.379 e. The highest BCUT2D eigenvalue weighted by molar-refractivity contribution is 5.91. The van der Waals surface area contributed by atoms with E-state index in [1.54, 1.807) is 6.92 Å². The van der Waals surface area contributed by atoms with Crippen molar-refractivity contribution in [1.29, 1.82) is 0 Å². The highest BCUT2D eigenvalue weighted by atomic mass is 16.5. The number of imidazole rings is 1. The molecule has 0 bridgehead atoms. The van der Waals surface area contributed by atoms with Gasteiger partial charge in [0.05, 0.1) is 12.6 Å². The fourth-order valence-corrected chi connectivity index (χ4v) is 1.97. The molecular weight excluding hydrogens is 192 g/mol. The van der Waals surface area contributed by atoms with E-state index in [2.05, 4.69) is 9.55 Å². The monoisotopic (exact) mass is 208 g/mol. The van der Waals surface area contributed by atoms with Crippen LogP contribution in [0.5, 0.6) is 0 Å². The quantitative estimate of drug-likeness (QED) is 0.695. The van der Waals surface area contributed by atoms with Crippen LogP contribution in [0.25, 0.3) is 0 Å². The van der Waals surface area contributed by atoms with Crippen molar-refractivity contribution in [2.75, 3.05) is 13.2 Å². The van der Waals surface area contributed by atoms with Crippen LogP contribution in [0.4, 0.5) is 0 Å². The Morgan fingerprint density at radius 3 is 3.00 bits per heavy atom. The van der Waals surface area contributed by atoms with Crippen molar-refractivity contribution in [3.63, 3.8) is 0 Å². The van der Waals surface area contributed by atoms with Crippen molar-refractivity contribution >= 4 is 5.78 Å². The molecule has 1 aliphatic heterocycles. The molecular formula is C11H16N2O2. The first-order valence-corrected chi connectivity index (χ1v) is 5.32. The Kier molecular flexibility index (Phi) is 2.86. The van der Waals surface area contributed by atoms with Crippen molar-refractivity contribution in [3.8, 4) is 0 Å². The summed E-state index contributed by atoms with van der Waals surface area (Å²) in [4.78, 5) is 15.4. The minimum atomic E-state index is 0.0218. The number of Topliss-reactive ketones (excluding diaryl/α,β-unsaturated/α-hetero) is 1. The topological polar surface area (TPSA) is 44.1 Å². The van der Waals surface area contributed by atoms with E-state index in [1.165, 1.54) is 0 Å². The molecule has 0 spiro atoms. The minimum absolute atomic E-state index is 0.0218. The lowest BCUT2D eigenvalue weighted by Gasteiger charge is -2.24. The Balaban J connectivity index is 2.22. The third-order valence-corrected chi connectivity index (χ3v) is 2.81. The molecule has 4 heteroatoms. The summed E-state index contributed by atoms with van der Waals surface area (Å²) in [5.41, 5.74) is 0.554. The third-order valence-electron chi connectivity index (χ3n) is 2.81. The lowest BCUT2D eigenvalue weighted by molar-refractivity contribution is 0.0584. The van der Waals surface area contributed by atoms with Crippen molar-refractivity contribution in [2.45, 2.75) is 32.7 Å². The molecule has 0 saturated carbocycles. The van der Waals surface area contributed by atoms with Crippen molar-refractivity contribution in [3.05, 3.63) is 17.7 Å². The number of ether oxygens (including phenoxy) is 1. The van der Waals surface area contributed by atoms with Gasteiger partial charge in [0.1, 0.15) is 11.5 Å². The lowest BCUT2D eigenvalue weighted by atomic mass is 10.1. The fourth-order valence-electron chi connectivity index (χ4n) is 1.97. The van der Waals surface area contributed by atoms with Crippen molar-refractivity contribution in [1.82, 2.24) is 9.55 Å². The molecule has 2 rings (SSSR count). The molecule has 1 atom stereocenters. The largest absolute Gasteiger partial charge is 0.379 e. The van der Waals surface area contributed by atoms with Crippen LogP contribution < -0.4 is 0 Å². The fraction of sp³-hybridized carbons (Fsp3) is 0.636. The summed E-state index contributed by atoms with van der Waals surface area (Å²) in [5, 5.41) is 0. The van der Waals surface area contributed by atoms with Gasteiger partial charge in [-0.2, -0.15) is 0 Å². The van der Waals surface area contributed by atoms with Gasteiger partial charge >= 0.3 is 0 Å². The molecule has 82 valence electrons. The Morgan fingerprint density at radius 2 is 2.47 bits per heavy atom. The summed E-state index contributed by atoms with van der Waals surface area (Å²) in [6.45, 7) is 5.06. The van der Waals surface area contributed by atoms with Crippen LogP contribution in [0, 0.1) is 6.92 Å². The summed E-state index contributed by atoms with van der Waals surface area (Å²) in [6, 6.07) is 0.347. The van der Waals surface area contributed by atoms with E-state index in [1.807, 2.05) is 13.1 Å². The highest BCUT2D eigenvalue weighted by Crippen LogP contribution is 2.21. The van der Waals surface area contributed by atoms with Gasteiger partial charge in [0.25, 0.3) is 0 Å². The first kappa shape index (κ1) is 10.4. The Labute approximate surface area is 89.3 Å². The predicted octanol–water partition coefficient (Wildman–Crippen LogP) is 1.75. The average Bonchev–Trinajstić information content (AvgIpc) is 2.62. The molecule has 15 heavy (non-hydrogen) atoms. The van der Waals surface area contributed by atoms with Crippen LogP contribution in [0.3, 0.4) is 0 Å². The van der Waals surface area contributed by atoms with E-state index in [0.29, 0.717) is 11.7 Å².